The van der Waals surface area contributed by atoms with E-state index in [0.29, 0.717) is 28.9 Å². The first-order valence-electron chi connectivity index (χ1n) is 10.4. The van der Waals surface area contributed by atoms with Crippen LogP contribution in [0.25, 0.3) is 11.4 Å². The maximum atomic E-state index is 13.1. The number of carbonyl (C=O) groups is 2. The van der Waals surface area contributed by atoms with Crippen LogP contribution >= 0.6 is 11.8 Å². The Kier molecular flexibility index (Phi) is 5.70. The van der Waals surface area contributed by atoms with Crippen molar-refractivity contribution in [2.75, 3.05) is 22.5 Å². The van der Waals surface area contributed by atoms with Gasteiger partial charge in [-0.2, -0.15) is 0 Å². The van der Waals surface area contributed by atoms with E-state index < -0.39 is 0 Å². The average molecular weight is 460 g/mol. The molecule has 0 fully saturated rings. The lowest BCUT2D eigenvalue weighted by molar-refractivity contribution is -0.120. The van der Waals surface area contributed by atoms with E-state index in [9.17, 15) is 9.59 Å². The summed E-state index contributed by atoms with van der Waals surface area (Å²) in [4.78, 5) is 26.7. The number of fused-ring (bicyclic) bond motifs is 1. The summed E-state index contributed by atoms with van der Waals surface area (Å²) in [6, 6.07) is 19.2. The van der Waals surface area contributed by atoms with E-state index in [1.807, 2.05) is 66.1 Å². The third kappa shape index (κ3) is 4.27. The van der Waals surface area contributed by atoms with Crippen molar-refractivity contribution in [1.82, 2.24) is 14.8 Å². The monoisotopic (exact) mass is 459 g/mol. The van der Waals surface area contributed by atoms with Gasteiger partial charge in [0.1, 0.15) is 12.3 Å². The van der Waals surface area contributed by atoms with Crippen LogP contribution in [-0.2, 0) is 16.1 Å². The summed E-state index contributed by atoms with van der Waals surface area (Å²) in [6.45, 7) is 2.43. The van der Waals surface area contributed by atoms with Crippen molar-refractivity contribution in [2.24, 2.45) is 0 Å². The normalized spacial score (nSPS) is 13.0. The van der Waals surface area contributed by atoms with Crippen molar-refractivity contribution in [2.45, 2.75) is 18.6 Å². The van der Waals surface area contributed by atoms with Gasteiger partial charge in [-0.1, -0.05) is 54.2 Å². The number of hydrogen-bond donors (Lipinski definition) is 1. The minimum absolute atomic E-state index is 0.00736. The van der Waals surface area contributed by atoms with Crippen LogP contribution in [0.1, 0.15) is 11.3 Å². The molecule has 2 aromatic heterocycles. The van der Waals surface area contributed by atoms with Crippen molar-refractivity contribution < 1.29 is 14.0 Å². The second-order valence-electron chi connectivity index (χ2n) is 7.60. The van der Waals surface area contributed by atoms with Gasteiger partial charge in [-0.3, -0.25) is 14.2 Å². The van der Waals surface area contributed by atoms with E-state index in [0.717, 1.165) is 16.9 Å². The number of benzene rings is 2. The van der Waals surface area contributed by atoms with Crippen LogP contribution in [0, 0.1) is 6.92 Å². The largest absolute Gasteiger partial charge is 0.469 e. The highest BCUT2D eigenvalue weighted by atomic mass is 32.2. The molecule has 1 aliphatic rings. The van der Waals surface area contributed by atoms with E-state index in [2.05, 4.69) is 15.5 Å². The summed E-state index contributed by atoms with van der Waals surface area (Å²) in [6.07, 6.45) is 1.63. The third-order valence-corrected chi connectivity index (χ3v) is 6.35. The van der Waals surface area contributed by atoms with Gasteiger partial charge in [0.05, 0.1) is 35.5 Å². The summed E-state index contributed by atoms with van der Waals surface area (Å²) in [7, 11) is 0. The molecule has 0 bridgehead atoms. The van der Waals surface area contributed by atoms with Gasteiger partial charge in [0.15, 0.2) is 11.0 Å². The summed E-state index contributed by atoms with van der Waals surface area (Å²) < 4.78 is 7.46. The lowest BCUT2D eigenvalue weighted by Gasteiger charge is -2.29. The number of amides is 2. The van der Waals surface area contributed by atoms with Crippen molar-refractivity contribution in [3.63, 3.8) is 0 Å². The van der Waals surface area contributed by atoms with Crippen LogP contribution in [0.3, 0.4) is 0 Å². The number of thioether (sulfide) groups is 1. The Balaban J connectivity index is 1.41. The molecule has 1 N–H and O–H groups in total. The molecule has 166 valence electrons. The number of rotatable bonds is 6. The second kappa shape index (κ2) is 8.95. The molecule has 0 saturated heterocycles. The molecule has 8 nitrogen and oxygen atoms in total. The number of anilines is 2. The first-order valence-corrected chi connectivity index (χ1v) is 11.4. The summed E-state index contributed by atoms with van der Waals surface area (Å²) in [5, 5.41) is 12.2. The summed E-state index contributed by atoms with van der Waals surface area (Å²) >= 11 is 1.30. The predicted octanol–water partition coefficient (Wildman–Crippen LogP) is 3.97. The fraction of sp³-hybridized carbons (Fsp3) is 0.167. The van der Waals surface area contributed by atoms with E-state index in [4.69, 9.17) is 4.42 Å². The van der Waals surface area contributed by atoms with Gasteiger partial charge in [-0.15, -0.1) is 10.2 Å². The van der Waals surface area contributed by atoms with Crippen molar-refractivity contribution in [1.29, 1.82) is 0 Å². The lowest BCUT2D eigenvalue weighted by atomic mass is 10.2. The van der Waals surface area contributed by atoms with E-state index in [-0.39, 0.29) is 24.1 Å². The first-order chi connectivity index (χ1) is 16.1. The molecule has 0 aliphatic carbocycles. The predicted molar refractivity (Wildman–Crippen MR) is 126 cm³/mol. The van der Waals surface area contributed by atoms with Gasteiger partial charge in [0, 0.05) is 0 Å². The molecule has 4 aromatic rings. The highest BCUT2D eigenvalue weighted by Crippen LogP contribution is 2.31. The Morgan fingerprint density at radius 1 is 1.09 bits per heavy atom. The molecule has 0 saturated carbocycles. The van der Waals surface area contributed by atoms with Crippen molar-refractivity contribution in [3.05, 3.63) is 78.3 Å². The third-order valence-electron chi connectivity index (χ3n) is 5.40. The molecule has 1 aliphatic heterocycles. The Bertz CT molecular complexity index is 1310. The fourth-order valence-corrected chi connectivity index (χ4v) is 4.59. The number of nitrogens with one attached hydrogen (secondary N) is 1. The molecule has 2 aromatic carbocycles. The number of aryl methyl sites for hydroxylation is 1. The van der Waals surface area contributed by atoms with Crippen LogP contribution < -0.4 is 10.2 Å². The maximum absolute atomic E-state index is 13.1. The summed E-state index contributed by atoms with van der Waals surface area (Å²) in [5.41, 5.74) is 3.29. The summed E-state index contributed by atoms with van der Waals surface area (Å²) in [5.74, 6) is 1.18. The molecule has 0 spiro atoms. The van der Waals surface area contributed by atoms with Gasteiger partial charge in [0.25, 0.3) is 0 Å². The topological polar surface area (TPSA) is 93.3 Å². The Morgan fingerprint density at radius 2 is 1.88 bits per heavy atom. The number of hydrogen-bond acceptors (Lipinski definition) is 6. The smallest absolute Gasteiger partial charge is 0.244 e. The van der Waals surface area contributed by atoms with Crippen LogP contribution in [0.2, 0.25) is 0 Å². The van der Waals surface area contributed by atoms with Gasteiger partial charge in [0.2, 0.25) is 11.8 Å². The second-order valence-corrected chi connectivity index (χ2v) is 8.54. The molecule has 2 amide bonds. The Hall–Kier alpha value is -3.85. The standard InChI is InChI=1S/C24H21N5O3S/c1-16-18(11-12-32-16)23-26-27-24(29(23)13-17-7-3-2-4-8-17)33-15-22(31)28-14-21(30)25-19-9-5-6-10-20(19)28/h2-12H,13-15H2,1H3,(H,25,30). The van der Waals surface area contributed by atoms with Gasteiger partial charge >= 0.3 is 0 Å². The van der Waals surface area contributed by atoms with Gasteiger partial charge in [-0.05, 0) is 30.7 Å². The molecule has 9 heteroatoms. The molecule has 0 atom stereocenters. The molecule has 3 heterocycles. The zero-order valence-electron chi connectivity index (χ0n) is 17.9. The SMILES string of the molecule is Cc1occc1-c1nnc(SCC(=O)N2CC(=O)Nc3ccccc32)n1Cc1ccccc1. The number of aromatic nitrogens is 3. The van der Waals surface area contributed by atoms with Crippen molar-refractivity contribution >= 4 is 35.0 Å². The lowest BCUT2D eigenvalue weighted by Crippen LogP contribution is -2.43. The fourth-order valence-electron chi connectivity index (χ4n) is 3.78. The highest BCUT2D eigenvalue weighted by Gasteiger charge is 2.27. The van der Waals surface area contributed by atoms with E-state index in [1.165, 1.54) is 16.7 Å². The number of furan rings is 1. The van der Waals surface area contributed by atoms with Crippen LogP contribution in [0.5, 0.6) is 0 Å². The average Bonchev–Trinajstić information content (AvgIpc) is 3.43. The molecule has 5 rings (SSSR count). The zero-order valence-corrected chi connectivity index (χ0v) is 18.7. The van der Waals surface area contributed by atoms with Crippen LogP contribution in [0.4, 0.5) is 11.4 Å². The number of para-hydroxylation sites is 2. The zero-order chi connectivity index (χ0) is 22.8. The maximum Gasteiger partial charge on any atom is 0.244 e. The molecule has 0 radical (unpaired) electrons. The molecular weight excluding hydrogens is 438 g/mol. The van der Waals surface area contributed by atoms with Crippen molar-refractivity contribution in [3.8, 4) is 11.4 Å². The number of carbonyl (C=O) groups excluding carboxylic acids is 2. The Morgan fingerprint density at radius 3 is 2.67 bits per heavy atom. The Labute approximate surface area is 194 Å². The molecule has 33 heavy (non-hydrogen) atoms. The van der Waals surface area contributed by atoms with Crippen LogP contribution in [-0.4, -0.2) is 38.9 Å². The minimum atomic E-state index is -0.211. The molecule has 0 unspecified atom stereocenters. The van der Waals surface area contributed by atoms with E-state index in [1.54, 1.807) is 12.3 Å². The van der Waals surface area contributed by atoms with E-state index >= 15 is 0 Å². The molecular formula is C24H21N5O3S. The first kappa shape index (κ1) is 21.0. The quantitative estimate of drug-likeness (QED) is 0.439. The van der Waals surface area contributed by atoms with Crippen LogP contribution in [0.15, 0.2) is 76.5 Å². The highest BCUT2D eigenvalue weighted by molar-refractivity contribution is 7.99. The van der Waals surface area contributed by atoms with Gasteiger partial charge in [-0.25, -0.2) is 0 Å². The number of nitrogens with zero attached hydrogens (tertiary/aromatic N) is 4. The minimum Gasteiger partial charge on any atom is -0.469 e. The van der Waals surface area contributed by atoms with Gasteiger partial charge < -0.3 is 14.6 Å².